The number of hydrogen-bond donors (Lipinski definition) is 3. The van der Waals surface area contributed by atoms with E-state index in [-0.39, 0.29) is 17.9 Å². The maximum Gasteiger partial charge on any atom is 0.407 e. The van der Waals surface area contributed by atoms with Crippen LogP contribution < -0.4 is 20.7 Å². The average Bonchev–Trinajstić information content (AvgIpc) is 3.79. The van der Waals surface area contributed by atoms with Crippen LogP contribution in [0.3, 0.4) is 0 Å². The Balaban J connectivity index is 1.18. The van der Waals surface area contributed by atoms with Crippen molar-refractivity contribution < 1.29 is 23.9 Å². The number of benzene rings is 2. The lowest BCUT2D eigenvalue weighted by atomic mass is 9.91. The maximum absolute atomic E-state index is 14.2. The molecule has 0 spiro atoms. The Morgan fingerprint density at radius 2 is 1.78 bits per heavy atom. The van der Waals surface area contributed by atoms with Gasteiger partial charge >= 0.3 is 6.09 Å². The molecule has 50 heavy (non-hydrogen) atoms. The Bertz CT molecular complexity index is 1940. The summed E-state index contributed by atoms with van der Waals surface area (Å²) in [5.74, 6) is 1.60. The SMILES string of the molecule is Cc1cc(C(=O)N[C@H]2C[C@@H]3CC[C@H]2C3)nc(C)c1-c1cc2c(cc1C(=O)Nc1ccc(CNC(=O)OC(C)(C)C)cc1)-c1sccc1CCO2. The number of carbonyl (C=O) groups excluding carboxylic acids is 3. The zero-order valence-corrected chi connectivity index (χ0v) is 30.1. The van der Waals surface area contributed by atoms with Crippen molar-refractivity contribution in [1.82, 2.24) is 15.6 Å². The van der Waals surface area contributed by atoms with E-state index in [0.717, 1.165) is 51.6 Å². The first kappa shape index (κ1) is 33.8. The maximum atomic E-state index is 14.2. The standard InChI is InChI=1S/C40H44N4O5S/c1-22-16-33(38(46)44-32-18-25-6-9-27(32)17-25)42-23(2)35(22)29-20-34-31(36-26(12-14-48-34)13-15-50-36)19-30(29)37(45)43-28-10-7-24(8-11-28)21-41-39(47)49-40(3,4)5/h7-8,10-11,13,15-16,19-20,25,27,32H,6,9,12,14,17-18,21H2,1-5H3,(H,41,47)(H,43,45)(H,44,46)/t25-,27+,32+/m1/s1. The summed E-state index contributed by atoms with van der Waals surface area (Å²) in [5.41, 5.74) is 6.89. The van der Waals surface area contributed by atoms with Gasteiger partial charge in [-0.25, -0.2) is 9.78 Å². The summed E-state index contributed by atoms with van der Waals surface area (Å²) >= 11 is 1.64. The molecule has 3 atom stereocenters. The normalized spacial score (nSPS) is 19.1. The van der Waals surface area contributed by atoms with Crippen LogP contribution in [0.15, 0.2) is 53.9 Å². The van der Waals surface area contributed by atoms with Crippen LogP contribution in [-0.2, 0) is 17.7 Å². The fourth-order valence-corrected chi connectivity index (χ4v) is 8.70. The van der Waals surface area contributed by atoms with Crippen LogP contribution in [0.5, 0.6) is 5.75 Å². The van der Waals surface area contributed by atoms with Crippen LogP contribution in [0.4, 0.5) is 10.5 Å². The van der Waals surface area contributed by atoms with Gasteiger partial charge in [-0.1, -0.05) is 18.6 Å². The number of aromatic nitrogens is 1. The van der Waals surface area contributed by atoms with Gasteiger partial charge in [0.2, 0.25) is 0 Å². The number of ether oxygens (including phenoxy) is 2. The minimum Gasteiger partial charge on any atom is -0.493 e. The number of amides is 3. The molecule has 2 bridgehead atoms. The second-order valence-electron chi connectivity index (χ2n) is 14.8. The highest BCUT2D eigenvalue weighted by atomic mass is 32.1. The van der Waals surface area contributed by atoms with E-state index in [2.05, 4.69) is 27.4 Å². The van der Waals surface area contributed by atoms with Crippen molar-refractivity contribution in [3.63, 3.8) is 0 Å². The Hall–Kier alpha value is -4.70. The molecule has 9 nitrogen and oxygen atoms in total. The van der Waals surface area contributed by atoms with Crippen LogP contribution in [-0.4, -0.2) is 41.1 Å². The van der Waals surface area contributed by atoms with E-state index in [1.54, 1.807) is 11.3 Å². The predicted molar refractivity (Wildman–Crippen MR) is 196 cm³/mol. The van der Waals surface area contributed by atoms with Gasteiger partial charge in [-0.15, -0.1) is 11.3 Å². The van der Waals surface area contributed by atoms with Crippen LogP contribution in [0.25, 0.3) is 21.6 Å². The predicted octanol–water partition coefficient (Wildman–Crippen LogP) is 8.22. The summed E-state index contributed by atoms with van der Waals surface area (Å²) in [4.78, 5) is 45.6. The molecule has 3 heterocycles. The van der Waals surface area contributed by atoms with Crippen molar-refractivity contribution in [1.29, 1.82) is 0 Å². The van der Waals surface area contributed by atoms with Crippen LogP contribution in [0.1, 0.15) is 89.7 Å². The van der Waals surface area contributed by atoms with Crippen molar-refractivity contribution in [3.8, 4) is 27.3 Å². The lowest BCUT2D eigenvalue weighted by Gasteiger charge is -2.23. The molecule has 2 aromatic carbocycles. The lowest BCUT2D eigenvalue weighted by Crippen LogP contribution is -2.38. The number of aryl methyl sites for hydroxylation is 2. The number of anilines is 1. The molecule has 3 amide bonds. The van der Waals surface area contributed by atoms with Gasteiger partial charge in [-0.05, 0) is 124 Å². The summed E-state index contributed by atoms with van der Waals surface area (Å²) in [6.45, 7) is 10.1. The van der Waals surface area contributed by atoms with E-state index >= 15 is 0 Å². The number of fused-ring (bicyclic) bond motifs is 5. The van der Waals surface area contributed by atoms with Gasteiger partial charge in [0.1, 0.15) is 17.0 Å². The van der Waals surface area contributed by atoms with Gasteiger partial charge in [-0.2, -0.15) is 0 Å². The average molecular weight is 693 g/mol. The quantitative estimate of drug-likeness (QED) is 0.180. The highest BCUT2D eigenvalue weighted by Gasteiger charge is 2.40. The third-order valence-electron chi connectivity index (χ3n) is 9.99. The fraction of sp³-hybridized carbons (Fsp3) is 0.400. The van der Waals surface area contributed by atoms with Gasteiger partial charge in [0.15, 0.2) is 0 Å². The fourth-order valence-electron chi connectivity index (χ4n) is 7.72. The van der Waals surface area contributed by atoms with E-state index in [9.17, 15) is 14.4 Å². The second kappa shape index (κ2) is 13.5. The number of carbonyl (C=O) groups is 3. The monoisotopic (exact) mass is 692 g/mol. The van der Waals surface area contributed by atoms with E-state index < -0.39 is 11.7 Å². The summed E-state index contributed by atoms with van der Waals surface area (Å²) in [7, 11) is 0. The van der Waals surface area contributed by atoms with Gasteiger partial charge in [0.25, 0.3) is 11.8 Å². The molecule has 0 unspecified atom stereocenters. The number of pyridine rings is 1. The first-order chi connectivity index (χ1) is 23.9. The number of thiophene rings is 1. The number of hydrogen-bond acceptors (Lipinski definition) is 7. The first-order valence-electron chi connectivity index (χ1n) is 17.5. The van der Waals surface area contributed by atoms with Gasteiger partial charge in [0.05, 0.1) is 6.61 Å². The molecule has 7 rings (SSSR count). The van der Waals surface area contributed by atoms with Gasteiger partial charge in [-0.3, -0.25) is 9.59 Å². The number of alkyl carbamates (subject to hydrolysis) is 1. The smallest absolute Gasteiger partial charge is 0.407 e. The van der Waals surface area contributed by atoms with E-state index in [4.69, 9.17) is 14.5 Å². The van der Waals surface area contributed by atoms with E-state index in [1.807, 2.05) is 77.1 Å². The summed E-state index contributed by atoms with van der Waals surface area (Å²) < 4.78 is 11.6. The van der Waals surface area contributed by atoms with E-state index in [1.165, 1.54) is 24.8 Å². The van der Waals surface area contributed by atoms with Crippen LogP contribution in [0, 0.1) is 25.7 Å². The van der Waals surface area contributed by atoms with Crippen molar-refractivity contribution in [2.24, 2.45) is 11.8 Å². The first-order valence-corrected chi connectivity index (χ1v) is 18.3. The number of nitrogens with one attached hydrogen (secondary N) is 3. The van der Waals surface area contributed by atoms with Crippen LogP contribution >= 0.6 is 11.3 Å². The van der Waals surface area contributed by atoms with Crippen molar-refractivity contribution >= 4 is 34.9 Å². The minimum absolute atomic E-state index is 0.140. The van der Waals surface area contributed by atoms with Gasteiger partial charge in [0, 0.05) is 57.5 Å². The molecule has 1 aliphatic heterocycles. The largest absolute Gasteiger partial charge is 0.493 e. The lowest BCUT2D eigenvalue weighted by molar-refractivity contribution is 0.0523. The van der Waals surface area contributed by atoms with Crippen molar-refractivity contribution in [2.75, 3.05) is 11.9 Å². The third-order valence-corrected chi connectivity index (χ3v) is 11.0. The summed E-state index contributed by atoms with van der Waals surface area (Å²) in [6, 6.07) is 15.4. The molecular formula is C40H44N4O5S. The molecule has 2 aromatic heterocycles. The van der Waals surface area contributed by atoms with Crippen molar-refractivity contribution in [3.05, 3.63) is 87.6 Å². The topological polar surface area (TPSA) is 119 Å². The van der Waals surface area contributed by atoms with E-state index in [0.29, 0.717) is 47.3 Å². The van der Waals surface area contributed by atoms with Gasteiger partial charge < -0.3 is 25.4 Å². The van der Waals surface area contributed by atoms with Crippen molar-refractivity contribution in [2.45, 2.75) is 84.9 Å². The molecule has 10 heteroatoms. The third kappa shape index (κ3) is 7.12. The molecule has 2 aliphatic carbocycles. The Labute approximate surface area is 297 Å². The summed E-state index contributed by atoms with van der Waals surface area (Å²) in [5, 5.41) is 11.2. The molecule has 260 valence electrons. The Morgan fingerprint density at radius 1 is 0.980 bits per heavy atom. The summed E-state index contributed by atoms with van der Waals surface area (Å²) in [6.07, 6.45) is 5.02. The molecule has 3 N–H and O–H groups in total. The zero-order chi connectivity index (χ0) is 35.2. The molecule has 4 aromatic rings. The highest BCUT2D eigenvalue weighted by Crippen LogP contribution is 2.45. The number of nitrogens with zero attached hydrogens (tertiary/aromatic N) is 1. The second-order valence-corrected chi connectivity index (χ2v) is 15.7. The molecule has 2 fully saturated rings. The Kier molecular flexibility index (Phi) is 9.15. The number of rotatable bonds is 7. The highest BCUT2D eigenvalue weighted by molar-refractivity contribution is 7.13. The molecular weight excluding hydrogens is 649 g/mol. The molecule has 0 radical (unpaired) electrons. The molecule has 3 aliphatic rings. The zero-order valence-electron chi connectivity index (χ0n) is 29.3. The minimum atomic E-state index is -0.581. The molecule has 2 saturated carbocycles. The molecule has 0 saturated heterocycles. The van der Waals surface area contributed by atoms with Crippen LogP contribution in [0.2, 0.25) is 0 Å². The Morgan fingerprint density at radius 3 is 2.48 bits per heavy atom.